The molecule has 0 aliphatic rings. The predicted octanol–water partition coefficient (Wildman–Crippen LogP) is 2.44. The zero-order valence-corrected chi connectivity index (χ0v) is 15.0. The Morgan fingerprint density at radius 3 is 2.48 bits per heavy atom. The van der Waals surface area contributed by atoms with Crippen molar-refractivity contribution in [3.63, 3.8) is 0 Å². The average Bonchev–Trinajstić information content (AvgIpc) is 2.61. The Balaban J connectivity index is 2.10. The molecule has 0 aliphatic heterocycles. The number of halogens is 1. The van der Waals surface area contributed by atoms with E-state index in [2.05, 4.69) is 10.0 Å². The summed E-state index contributed by atoms with van der Waals surface area (Å²) in [6.45, 7) is 2.42. The van der Waals surface area contributed by atoms with Gasteiger partial charge in [0.05, 0.1) is 15.5 Å². The highest BCUT2D eigenvalue weighted by Gasteiger charge is 2.15. The third kappa shape index (κ3) is 4.79. The first-order valence-electron chi connectivity index (χ1n) is 7.44. The van der Waals surface area contributed by atoms with Crippen molar-refractivity contribution in [1.82, 2.24) is 10.0 Å². The Morgan fingerprint density at radius 1 is 1.20 bits per heavy atom. The topological polar surface area (TPSA) is 99.1 Å². The van der Waals surface area contributed by atoms with Crippen molar-refractivity contribution >= 4 is 27.5 Å². The van der Waals surface area contributed by atoms with Crippen LogP contribution in [0.3, 0.4) is 0 Å². The van der Waals surface area contributed by atoms with Crippen LogP contribution in [0.15, 0.2) is 47.4 Å². The number of nitriles is 1. The number of rotatable bonds is 6. The Kier molecular flexibility index (Phi) is 6.15. The van der Waals surface area contributed by atoms with Gasteiger partial charge in [0.2, 0.25) is 10.0 Å². The highest BCUT2D eigenvalue weighted by atomic mass is 35.5. The van der Waals surface area contributed by atoms with Gasteiger partial charge in [-0.3, -0.25) is 4.79 Å². The molecule has 1 amide bonds. The normalized spacial score (nSPS) is 10.9. The second kappa shape index (κ2) is 8.12. The average molecular weight is 378 g/mol. The lowest BCUT2D eigenvalue weighted by Gasteiger charge is -2.08. The van der Waals surface area contributed by atoms with Gasteiger partial charge in [-0.05, 0) is 42.8 Å². The van der Waals surface area contributed by atoms with E-state index in [0.29, 0.717) is 17.7 Å². The lowest BCUT2D eigenvalue weighted by molar-refractivity contribution is 0.0956. The number of sulfonamides is 1. The van der Waals surface area contributed by atoms with Crippen molar-refractivity contribution in [1.29, 1.82) is 5.26 Å². The summed E-state index contributed by atoms with van der Waals surface area (Å²) in [6, 6.07) is 12.4. The molecule has 0 fully saturated rings. The fourth-order valence-electron chi connectivity index (χ4n) is 2.06. The van der Waals surface area contributed by atoms with Crippen molar-refractivity contribution in [3.05, 3.63) is 64.2 Å². The van der Waals surface area contributed by atoms with Crippen LogP contribution in [0.1, 0.15) is 28.4 Å². The minimum Gasteiger partial charge on any atom is -0.352 e. The number of nitrogens with zero attached hydrogens (tertiary/aromatic N) is 1. The molecule has 2 aromatic carbocycles. The van der Waals surface area contributed by atoms with Crippen LogP contribution in [0.4, 0.5) is 0 Å². The van der Waals surface area contributed by atoms with Crippen LogP contribution < -0.4 is 10.0 Å². The summed E-state index contributed by atoms with van der Waals surface area (Å²) < 4.78 is 27.1. The van der Waals surface area contributed by atoms with Gasteiger partial charge in [0.1, 0.15) is 6.07 Å². The predicted molar refractivity (Wildman–Crippen MR) is 94.6 cm³/mol. The fourth-order valence-corrected chi connectivity index (χ4v) is 3.26. The third-order valence-corrected chi connectivity index (χ3v) is 5.12. The van der Waals surface area contributed by atoms with Gasteiger partial charge in [0.15, 0.2) is 0 Å². The zero-order chi connectivity index (χ0) is 18.4. The largest absolute Gasteiger partial charge is 0.352 e. The summed E-state index contributed by atoms with van der Waals surface area (Å²) in [5.41, 5.74) is 1.30. The Bertz CT molecular complexity index is 919. The molecule has 0 saturated heterocycles. The monoisotopic (exact) mass is 377 g/mol. The molecule has 8 heteroatoms. The Morgan fingerprint density at radius 2 is 1.88 bits per heavy atom. The standard InChI is InChI=1S/C17H16ClN3O3S/c1-2-20-17(22)13-5-3-12(4-6-13)11-21-25(23,24)15-7-8-16(18)14(9-15)10-19/h3-9,21H,2,11H2,1H3,(H,20,22). The van der Waals surface area contributed by atoms with Gasteiger partial charge >= 0.3 is 0 Å². The Hall–Kier alpha value is -2.40. The number of benzene rings is 2. The molecule has 0 unspecified atom stereocenters. The number of hydrogen-bond donors (Lipinski definition) is 2. The molecule has 0 radical (unpaired) electrons. The van der Waals surface area contributed by atoms with E-state index in [0.717, 1.165) is 0 Å². The van der Waals surface area contributed by atoms with Crippen LogP contribution in [-0.2, 0) is 16.6 Å². The quantitative estimate of drug-likeness (QED) is 0.807. The molecular formula is C17H16ClN3O3S. The molecule has 6 nitrogen and oxygen atoms in total. The second-order valence-corrected chi connectivity index (χ2v) is 7.31. The first-order chi connectivity index (χ1) is 11.9. The highest BCUT2D eigenvalue weighted by molar-refractivity contribution is 7.89. The number of nitrogens with one attached hydrogen (secondary N) is 2. The molecule has 0 saturated carbocycles. The Labute approximate surface area is 151 Å². The number of carbonyl (C=O) groups is 1. The molecule has 2 rings (SSSR count). The molecule has 0 aliphatic carbocycles. The number of hydrogen-bond acceptors (Lipinski definition) is 4. The second-order valence-electron chi connectivity index (χ2n) is 5.13. The lowest BCUT2D eigenvalue weighted by atomic mass is 10.1. The summed E-state index contributed by atoms with van der Waals surface area (Å²) in [7, 11) is -3.78. The van der Waals surface area contributed by atoms with Crippen molar-refractivity contribution in [3.8, 4) is 6.07 Å². The molecule has 0 bridgehead atoms. The lowest BCUT2D eigenvalue weighted by Crippen LogP contribution is -2.24. The number of amides is 1. The van der Waals surface area contributed by atoms with E-state index in [4.69, 9.17) is 16.9 Å². The molecule has 0 aromatic heterocycles. The van der Waals surface area contributed by atoms with Gasteiger partial charge in [0, 0.05) is 18.7 Å². The minimum atomic E-state index is -3.78. The molecule has 25 heavy (non-hydrogen) atoms. The molecule has 2 aromatic rings. The minimum absolute atomic E-state index is 0.0348. The van der Waals surface area contributed by atoms with Crippen LogP contribution in [0, 0.1) is 11.3 Å². The first-order valence-corrected chi connectivity index (χ1v) is 9.30. The van der Waals surface area contributed by atoms with Gasteiger partial charge in [-0.2, -0.15) is 5.26 Å². The SMILES string of the molecule is CCNC(=O)c1ccc(CNS(=O)(=O)c2ccc(Cl)c(C#N)c2)cc1. The molecule has 0 atom stereocenters. The van der Waals surface area contributed by atoms with E-state index in [1.54, 1.807) is 24.3 Å². The maximum atomic E-state index is 12.3. The van der Waals surface area contributed by atoms with Crippen molar-refractivity contribution in [2.75, 3.05) is 6.54 Å². The summed E-state index contributed by atoms with van der Waals surface area (Å²) >= 11 is 5.81. The maximum Gasteiger partial charge on any atom is 0.251 e. The summed E-state index contributed by atoms with van der Waals surface area (Å²) in [4.78, 5) is 11.7. The van der Waals surface area contributed by atoms with E-state index >= 15 is 0 Å². The van der Waals surface area contributed by atoms with E-state index in [1.807, 2.05) is 13.0 Å². The van der Waals surface area contributed by atoms with Crippen LogP contribution in [0.5, 0.6) is 0 Å². The van der Waals surface area contributed by atoms with Crippen LogP contribution in [-0.4, -0.2) is 20.9 Å². The molecule has 0 spiro atoms. The van der Waals surface area contributed by atoms with Crippen molar-refractivity contribution < 1.29 is 13.2 Å². The zero-order valence-electron chi connectivity index (χ0n) is 13.4. The highest BCUT2D eigenvalue weighted by Crippen LogP contribution is 2.19. The molecular weight excluding hydrogens is 362 g/mol. The van der Waals surface area contributed by atoms with Gasteiger partial charge in [-0.15, -0.1) is 0 Å². The van der Waals surface area contributed by atoms with Crippen molar-refractivity contribution in [2.45, 2.75) is 18.4 Å². The first kappa shape index (κ1) is 18.9. The number of carbonyl (C=O) groups excluding carboxylic acids is 1. The molecule has 2 N–H and O–H groups in total. The van der Waals surface area contributed by atoms with Crippen LogP contribution >= 0.6 is 11.6 Å². The summed E-state index contributed by atoms with van der Waals surface area (Å²) in [6.07, 6.45) is 0. The smallest absolute Gasteiger partial charge is 0.251 e. The van der Waals surface area contributed by atoms with Gasteiger partial charge in [-0.1, -0.05) is 23.7 Å². The summed E-state index contributed by atoms with van der Waals surface area (Å²) in [5.74, 6) is -0.181. The summed E-state index contributed by atoms with van der Waals surface area (Å²) in [5, 5.41) is 11.8. The van der Waals surface area contributed by atoms with E-state index in [-0.39, 0.29) is 27.9 Å². The van der Waals surface area contributed by atoms with Gasteiger partial charge < -0.3 is 5.32 Å². The van der Waals surface area contributed by atoms with Gasteiger partial charge in [-0.25, -0.2) is 13.1 Å². The van der Waals surface area contributed by atoms with Crippen LogP contribution in [0.25, 0.3) is 0 Å². The van der Waals surface area contributed by atoms with Gasteiger partial charge in [0.25, 0.3) is 5.91 Å². The molecule has 0 heterocycles. The van der Waals surface area contributed by atoms with Crippen molar-refractivity contribution in [2.24, 2.45) is 0 Å². The van der Waals surface area contributed by atoms with E-state index < -0.39 is 10.0 Å². The fraction of sp³-hybridized carbons (Fsp3) is 0.176. The van der Waals surface area contributed by atoms with E-state index in [9.17, 15) is 13.2 Å². The maximum absolute atomic E-state index is 12.3. The molecule has 130 valence electrons. The van der Waals surface area contributed by atoms with E-state index in [1.165, 1.54) is 18.2 Å². The van der Waals surface area contributed by atoms with Crippen LogP contribution in [0.2, 0.25) is 5.02 Å². The third-order valence-electron chi connectivity index (χ3n) is 3.39.